The zero-order valence-corrected chi connectivity index (χ0v) is 10.4. The highest BCUT2D eigenvalue weighted by Crippen LogP contribution is 2.33. The van der Waals surface area contributed by atoms with E-state index in [1.807, 2.05) is 12.1 Å². The molecule has 1 aromatic carbocycles. The summed E-state index contributed by atoms with van der Waals surface area (Å²) in [5.74, 6) is 0.0905. The van der Waals surface area contributed by atoms with Crippen molar-refractivity contribution in [1.29, 1.82) is 0 Å². The van der Waals surface area contributed by atoms with Gasteiger partial charge in [-0.15, -0.1) is 0 Å². The molecule has 17 heavy (non-hydrogen) atoms. The van der Waals surface area contributed by atoms with E-state index in [1.54, 1.807) is 0 Å². The van der Waals surface area contributed by atoms with E-state index in [1.165, 1.54) is 0 Å². The quantitative estimate of drug-likeness (QED) is 0.785. The minimum absolute atomic E-state index is 0.0905. The molecule has 0 aliphatic carbocycles. The van der Waals surface area contributed by atoms with Crippen LogP contribution in [0.4, 0.5) is 17.1 Å². The monoisotopic (exact) mass is 233 g/mol. The fourth-order valence-electron chi connectivity index (χ4n) is 2.27. The Morgan fingerprint density at radius 1 is 1.29 bits per heavy atom. The predicted molar refractivity (Wildman–Crippen MR) is 71.4 cm³/mol. The Morgan fingerprint density at radius 3 is 2.65 bits per heavy atom. The second-order valence-electron chi connectivity index (χ2n) is 4.29. The summed E-state index contributed by atoms with van der Waals surface area (Å²) in [7, 11) is 0. The maximum absolute atomic E-state index is 11.4. The maximum atomic E-state index is 11.4. The van der Waals surface area contributed by atoms with E-state index in [0.717, 1.165) is 42.1 Å². The van der Waals surface area contributed by atoms with Crippen LogP contribution in [-0.2, 0) is 11.2 Å². The molecule has 2 rings (SSSR count). The highest BCUT2D eigenvalue weighted by atomic mass is 16.1. The van der Waals surface area contributed by atoms with Crippen molar-refractivity contribution in [2.24, 2.45) is 0 Å². The van der Waals surface area contributed by atoms with Gasteiger partial charge in [0.15, 0.2) is 0 Å². The lowest BCUT2D eigenvalue weighted by molar-refractivity contribution is -0.116. The van der Waals surface area contributed by atoms with Gasteiger partial charge in [-0.1, -0.05) is 0 Å². The average Bonchev–Trinajstić information content (AvgIpc) is 2.32. The molecule has 1 aliphatic rings. The Balaban J connectivity index is 2.41. The second kappa shape index (κ2) is 4.65. The van der Waals surface area contributed by atoms with Gasteiger partial charge in [0.05, 0.1) is 11.4 Å². The van der Waals surface area contributed by atoms with Crippen LogP contribution < -0.4 is 16.0 Å². The molecule has 0 aromatic heterocycles. The Hall–Kier alpha value is -1.71. The number of aryl methyl sites for hydroxylation is 1. The molecule has 0 saturated carbocycles. The number of fused-ring (bicyclic) bond motifs is 1. The molecule has 0 radical (unpaired) electrons. The Morgan fingerprint density at radius 2 is 2.00 bits per heavy atom. The lowest BCUT2D eigenvalue weighted by Gasteiger charge is -2.26. The zero-order chi connectivity index (χ0) is 12.4. The van der Waals surface area contributed by atoms with E-state index in [4.69, 9.17) is 5.73 Å². The van der Waals surface area contributed by atoms with E-state index >= 15 is 0 Å². The van der Waals surface area contributed by atoms with Crippen molar-refractivity contribution in [2.75, 3.05) is 29.0 Å². The average molecular weight is 233 g/mol. The lowest BCUT2D eigenvalue weighted by Crippen LogP contribution is -2.25. The van der Waals surface area contributed by atoms with Crippen molar-refractivity contribution in [3.63, 3.8) is 0 Å². The van der Waals surface area contributed by atoms with Crippen molar-refractivity contribution >= 4 is 23.0 Å². The summed E-state index contributed by atoms with van der Waals surface area (Å²) in [6.45, 7) is 6.02. The summed E-state index contributed by atoms with van der Waals surface area (Å²) in [6.07, 6.45) is 1.33. The molecule has 1 aromatic rings. The number of hydrogen-bond donors (Lipinski definition) is 2. The maximum Gasteiger partial charge on any atom is 0.224 e. The third-order valence-corrected chi connectivity index (χ3v) is 3.25. The van der Waals surface area contributed by atoms with Crippen molar-refractivity contribution in [3.8, 4) is 0 Å². The van der Waals surface area contributed by atoms with Gasteiger partial charge in [-0.05, 0) is 38.0 Å². The van der Waals surface area contributed by atoms with Gasteiger partial charge in [0.1, 0.15) is 0 Å². The van der Waals surface area contributed by atoms with E-state index in [9.17, 15) is 4.79 Å². The fourth-order valence-corrected chi connectivity index (χ4v) is 2.27. The minimum Gasteiger partial charge on any atom is -0.397 e. The van der Waals surface area contributed by atoms with Gasteiger partial charge >= 0.3 is 0 Å². The summed E-state index contributed by atoms with van der Waals surface area (Å²) >= 11 is 0. The summed E-state index contributed by atoms with van der Waals surface area (Å²) in [4.78, 5) is 13.6. The Kier molecular flexibility index (Phi) is 3.22. The first-order valence-corrected chi connectivity index (χ1v) is 6.12. The van der Waals surface area contributed by atoms with Crippen LogP contribution in [-0.4, -0.2) is 19.0 Å². The fraction of sp³-hybridized carbons (Fsp3) is 0.462. The summed E-state index contributed by atoms with van der Waals surface area (Å²) < 4.78 is 0. The number of nitrogens with one attached hydrogen (secondary N) is 1. The summed E-state index contributed by atoms with van der Waals surface area (Å²) in [5, 5.41) is 2.91. The number of rotatable bonds is 3. The molecule has 4 heteroatoms. The van der Waals surface area contributed by atoms with Gasteiger partial charge in [0.25, 0.3) is 0 Å². The Bertz CT molecular complexity index is 439. The Labute approximate surface area is 102 Å². The van der Waals surface area contributed by atoms with Gasteiger partial charge in [-0.25, -0.2) is 0 Å². The molecule has 0 atom stereocenters. The van der Waals surface area contributed by atoms with E-state index in [2.05, 4.69) is 24.1 Å². The van der Waals surface area contributed by atoms with Gasteiger partial charge in [-0.3, -0.25) is 4.79 Å². The van der Waals surface area contributed by atoms with Crippen LogP contribution in [0.25, 0.3) is 0 Å². The molecular formula is C13H19N3O. The van der Waals surface area contributed by atoms with Crippen molar-refractivity contribution < 1.29 is 4.79 Å². The predicted octanol–water partition coefficient (Wildman–Crippen LogP) is 2.00. The standard InChI is InChI=1S/C13H19N3O/c1-3-16(4-2)12-8-11-9(7-10(12)14)5-6-13(17)15-11/h7-8H,3-6,14H2,1-2H3,(H,15,17). The number of hydrogen-bond acceptors (Lipinski definition) is 3. The van der Waals surface area contributed by atoms with Crippen LogP contribution in [0.3, 0.4) is 0 Å². The van der Waals surface area contributed by atoms with Gasteiger partial charge in [0.2, 0.25) is 5.91 Å². The second-order valence-corrected chi connectivity index (χ2v) is 4.29. The molecule has 0 fully saturated rings. The van der Waals surface area contributed by atoms with Crippen LogP contribution in [0.15, 0.2) is 12.1 Å². The minimum atomic E-state index is 0.0905. The number of benzene rings is 1. The highest BCUT2D eigenvalue weighted by Gasteiger charge is 2.18. The molecule has 1 heterocycles. The summed E-state index contributed by atoms with van der Waals surface area (Å²) in [6, 6.07) is 3.98. The van der Waals surface area contributed by atoms with Crippen LogP contribution in [0.5, 0.6) is 0 Å². The van der Waals surface area contributed by atoms with Crippen molar-refractivity contribution in [2.45, 2.75) is 26.7 Å². The van der Waals surface area contributed by atoms with E-state index in [-0.39, 0.29) is 5.91 Å². The topological polar surface area (TPSA) is 58.4 Å². The first kappa shape index (κ1) is 11.8. The molecular weight excluding hydrogens is 214 g/mol. The van der Waals surface area contributed by atoms with Gasteiger partial charge in [0, 0.05) is 25.2 Å². The number of nitrogen functional groups attached to an aromatic ring is 1. The van der Waals surface area contributed by atoms with Crippen LogP contribution in [0.2, 0.25) is 0 Å². The van der Waals surface area contributed by atoms with Gasteiger partial charge in [-0.2, -0.15) is 0 Å². The first-order chi connectivity index (χ1) is 8.15. The smallest absolute Gasteiger partial charge is 0.224 e. The number of nitrogens with zero attached hydrogens (tertiary/aromatic N) is 1. The molecule has 1 amide bonds. The number of amides is 1. The number of carbonyl (C=O) groups excluding carboxylic acids is 1. The number of anilines is 3. The van der Waals surface area contributed by atoms with Crippen molar-refractivity contribution in [3.05, 3.63) is 17.7 Å². The largest absolute Gasteiger partial charge is 0.397 e. The molecule has 0 saturated heterocycles. The third-order valence-electron chi connectivity index (χ3n) is 3.25. The molecule has 0 unspecified atom stereocenters. The first-order valence-electron chi connectivity index (χ1n) is 6.12. The molecule has 3 N–H and O–H groups in total. The molecule has 0 spiro atoms. The van der Waals surface area contributed by atoms with Crippen LogP contribution in [0, 0.1) is 0 Å². The van der Waals surface area contributed by atoms with Crippen LogP contribution in [0.1, 0.15) is 25.8 Å². The third kappa shape index (κ3) is 2.20. The number of nitrogens with two attached hydrogens (primary N) is 1. The summed E-state index contributed by atoms with van der Waals surface area (Å²) in [5.41, 5.74) is 9.93. The highest BCUT2D eigenvalue weighted by molar-refractivity contribution is 5.95. The molecule has 1 aliphatic heterocycles. The normalized spacial score (nSPS) is 14.1. The number of carbonyl (C=O) groups is 1. The molecule has 4 nitrogen and oxygen atoms in total. The van der Waals surface area contributed by atoms with Crippen molar-refractivity contribution in [1.82, 2.24) is 0 Å². The SMILES string of the molecule is CCN(CC)c1cc2c(cc1N)CCC(=O)N2. The van der Waals surface area contributed by atoms with E-state index < -0.39 is 0 Å². The van der Waals surface area contributed by atoms with E-state index in [0.29, 0.717) is 6.42 Å². The molecule has 0 bridgehead atoms. The van der Waals surface area contributed by atoms with Crippen LogP contribution >= 0.6 is 0 Å². The zero-order valence-electron chi connectivity index (χ0n) is 10.4. The van der Waals surface area contributed by atoms with Gasteiger partial charge < -0.3 is 16.0 Å². The lowest BCUT2D eigenvalue weighted by atomic mass is 10.0. The molecule has 92 valence electrons.